The number of nitrogens with zero attached hydrogens (tertiary/aromatic N) is 4. The van der Waals surface area contributed by atoms with Crippen molar-refractivity contribution in [3.63, 3.8) is 0 Å². The molecule has 3 aliphatic heterocycles. The van der Waals surface area contributed by atoms with Crippen LogP contribution in [0.15, 0.2) is 9.49 Å². The van der Waals surface area contributed by atoms with E-state index >= 15 is 0 Å². The van der Waals surface area contributed by atoms with Gasteiger partial charge < -0.3 is 71.7 Å². The predicted octanol–water partition coefficient (Wildman–Crippen LogP) is 3.08. The molecule has 3 aliphatic rings. The third-order valence-corrected chi connectivity index (χ3v) is 5.22. The zero-order chi connectivity index (χ0) is 25.1. The Hall–Kier alpha value is 1.45. The van der Waals surface area contributed by atoms with Crippen LogP contribution in [0.3, 0.4) is 0 Å². The normalized spacial score (nSPS) is 19.3. The number of carboxylic acids is 1. The van der Waals surface area contributed by atoms with Crippen molar-refractivity contribution in [2.45, 2.75) is 51.2 Å². The van der Waals surface area contributed by atoms with Crippen molar-refractivity contribution in [2.24, 2.45) is 15.2 Å². The summed E-state index contributed by atoms with van der Waals surface area (Å²) in [5.74, 6) is -1.29. The first-order valence-corrected chi connectivity index (χ1v) is 11.5. The van der Waals surface area contributed by atoms with Gasteiger partial charge in [0, 0.05) is 137 Å². The van der Waals surface area contributed by atoms with E-state index in [9.17, 15) is 9.59 Å². The van der Waals surface area contributed by atoms with Crippen LogP contribution >= 0.6 is 18.1 Å². The summed E-state index contributed by atoms with van der Waals surface area (Å²) in [5.41, 5.74) is 5.54. The molecular weight excluding hydrogens is 753 g/mol. The van der Waals surface area contributed by atoms with Gasteiger partial charge in [-0.15, -0.1) is 0 Å². The number of nitrogens with two attached hydrogens (primary N) is 1. The first-order valence-electron chi connectivity index (χ1n) is 10.6. The number of amides is 2. The summed E-state index contributed by atoms with van der Waals surface area (Å²) in [7, 11) is 6.17. The molecule has 2 amide bonds. The van der Waals surface area contributed by atoms with Crippen LogP contribution < -0.4 is 11.1 Å². The number of carboxylic acid groups (broad SMARTS) is 1. The van der Waals surface area contributed by atoms with Gasteiger partial charge in [0.2, 0.25) is 0 Å². The molecule has 3 saturated heterocycles. The Labute approximate surface area is 313 Å². The Bertz CT molecular complexity index is 589. The molecule has 219 valence electrons. The summed E-state index contributed by atoms with van der Waals surface area (Å²) in [6.45, 7) is 18.3. The van der Waals surface area contributed by atoms with Crippen molar-refractivity contribution in [1.29, 1.82) is 0 Å². The average Bonchev–Trinajstić information content (AvgIpc) is 3.51. The van der Waals surface area contributed by atoms with E-state index in [1.54, 1.807) is 9.80 Å². The molecule has 3 unspecified atom stereocenters. The first kappa shape index (κ1) is 59.0. The van der Waals surface area contributed by atoms with Gasteiger partial charge in [0.05, 0.1) is 23.9 Å². The van der Waals surface area contributed by atoms with E-state index in [-0.39, 0.29) is 144 Å². The molecule has 15 heteroatoms. The number of carbonyl (C=O) groups excluding carboxylic acids is 2. The third-order valence-electron chi connectivity index (χ3n) is 4.49. The fourth-order valence-corrected chi connectivity index (χ4v) is 3.27. The molecule has 0 aliphatic carbocycles. The second-order valence-electron chi connectivity index (χ2n) is 6.97. The Morgan fingerprint density at radius 3 is 1.42 bits per heavy atom. The standard InChI is InChI=1S/C6H10N2OP.C6H11N2O.C4H9N2P.C2H3O2.C2H6.3CH3.3Y/c1-5(9)8-3-2-6(4-8)7-10;1-5(9)8-3-2-6(7)4-8;7-6-4-1-2-5-3-4;1-2(3)4;1-2;;;;;;/h6,10H,1-4H2;6H,1-4,7H2;4-5,7H,1-3H2;1H2,(H,3,4);1-2H3;3*1H3;;;/q2*-1;;-1;;3*-1;;;. The quantitative estimate of drug-likeness (QED) is 0.290. The van der Waals surface area contributed by atoms with E-state index in [2.05, 4.69) is 53.6 Å². The molecule has 0 aromatic heterocycles. The number of carbonyl (C=O) groups is 3. The Morgan fingerprint density at radius 1 is 0.842 bits per heavy atom. The van der Waals surface area contributed by atoms with Crippen molar-refractivity contribution >= 4 is 35.8 Å². The summed E-state index contributed by atoms with van der Waals surface area (Å²) in [5, 5.41) is 10.5. The SMILES string of the molecule is CC.P=NC1CCNC1.[CH2-]C(=O)N1CCC(N)C1.[CH2-]C(=O)N1CCC(N=P)C1.[CH2-]C(=O)O.[CH3-].[CH3-].[CH3-].[Y].[Y].[Y]. The number of aliphatic carboxylic acids is 1. The van der Waals surface area contributed by atoms with Crippen molar-refractivity contribution in [2.75, 3.05) is 39.3 Å². The summed E-state index contributed by atoms with van der Waals surface area (Å²) in [6.07, 6.45) is 3.05. The van der Waals surface area contributed by atoms with Gasteiger partial charge in [0.1, 0.15) is 0 Å². The molecule has 3 atom stereocenters. The molecular formula is C23H48N6O4P2Y3-6. The van der Waals surface area contributed by atoms with E-state index in [4.69, 9.17) is 15.6 Å². The van der Waals surface area contributed by atoms with Gasteiger partial charge in [-0.25, -0.2) is 0 Å². The maximum atomic E-state index is 10.7. The van der Waals surface area contributed by atoms with Crippen LogP contribution in [0.1, 0.15) is 33.1 Å². The Balaban J connectivity index is -0.0000000505. The van der Waals surface area contributed by atoms with Crippen molar-refractivity contribution in [1.82, 2.24) is 15.1 Å². The van der Waals surface area contributed by atoms with Gasteiger partial charge in [-0.2, -0.15) is 0 Å². The second kappa shape index (κ2) is 38.5. The van der Waals surface area contributed by atoms with Crippen molar-refractivity contribution in [3.05, 3.63) is 43.1 Å². The van der Waals surface area contributed by atoms with E-state index < -0.39 is 5.97 Å². The number of nitrogens with one attached hydrogen (secondary N) is 1. The third kappa shape index (κ3) is 33.7. The molecule has 3 radical (unpaired) electrons. The smallest absolute Gasteiger partial charge is 0.161 e. The minimum atomic E-state index is -1.08. The molecule has 0 aromatic carbocycles. The van der Waals surface area contributed by atoms with Crippen LogP contribution in [0.2, 0.25) is 0 Å². The van der Waals surface area contributed by atoms with E-state index in [0.29, 0.717) is 19.1 Å². The van der Waals surface area contributed by atoms with Gasteiger partial charge in [0.15, 0.2) is 5.97 Å². The minimum absolute atomic E-state index is 0. The fraction of sp³-hybridized carbons (Fsp3) is 0.609. The second-order valence-corrected chi connectivity index (χ2v) is 7.49. The summed E-state index contributed by atoms with van der Waals surface area (Å²) in [6, 6.07) is 0.967. The average molecular weight is 801 g/mol. The van der Waals surface area contributed by atoms with Gasteiger partial charge in [-0.1, -0.05) is 13.8 Å². The zero-order valence-electron chi connectivity index (χ0n) is 24.0. The molecule has 0 saturated carbocycles. The number of likely N-dealkylation sites (tertiary alicyclic amines) is 2. The zero-order valence-corrected chi connectivity index (χ0v) is 34.5. The van der Waals surface area contributed by atoms with Crippen LogP contribution in [-0.4, -0.2) is 90.1 Å². The van der Waals surface area contributed by atoms with Crippen molar-refractivity contribution in [3.8, 4) is 0 Å². The fourth-order valence-electron chi connectivity index (χ4n) is 2.84. The van der Waals surface area contributed by atoms with Crippen LogP contribution in [0.4, 0.5) is 0 Å². The molecule has 0 aromatic rings. The molecule has 10 nitrogen and oxygen atoms in total. The van der Waals surface area contributed by atoms with Crippen LogP contribution in [0, 0.1) is 43.1 Å². The van der Waals surface area contributed by atoms with Crippen LogP contribution in [-0.2, 0) is 113 Å². The van der Waals surface area contributed by atoms with Gasteiger partial charge in [-0.05, 0) is 43.9 Å². The van der Waals surface area contributed by atoms with Gasteiger partial charge >= 0.3 is 0 Å². The van der Waals surface area contributed by atoms with Crippen LogP contribution in [0.25, 0.3) is 0 Å². The number of rotatable bonds is 2. The maximum Gasteiger partial charge on any atom is 0.161 e. The Kier molecular flexibility index (Phi) is 59.7. The summed E-state index contributed by atoms with van der Waals surface area (Å²) < 4.78 is 7.83. The molecule has 38 heavy (non-hydrogen) atoms. The monoisotopic (exact) mass is 801 g/mol. The van der Waals surface area contributed by atoms with E-state index in [1.165, 1.54) is 6.42 Å². The van der Waals surface area contributed by atoms with Gasteiger partial charge in [0.25, 0.3) is 0 Å². The topological polar surface area (TPSA) is 141 Å². The molecule has 0 bridgehead atoms. The predicted molar refractivity (Wildman–Crippen MR) is 151 cm³/mol. The van der Waals surface area contributed by atoms with E-state index in [0.717, 1.165) is 39.0 Å². The Morgan fingerprint density at radius 2 is 1.24 bits per heavy atom. The maximum absolute atomic E-state index is 10.7. The number of hydrogen-bond acceptors (Lipinski definition) is 7. The van der Waals surface area contributed by atoms with Crippen LogP contribution in [0.5, 0.6) is 0 Å². The molecule has 3 heterocycles. The summed E-state index contributed by atoms with van der Waals surface area (Å²) >= 11 is 0. The first-order chi connectivity index (χ1) is 15.1. The molecule has 3 fully saturated rings. The molecule has 0 spiro atoms. The minimum Gasteiger partial charge on any atom is -0.503 e. The van der Waals surface area contributed by atoms with Gasteiger partial charge in [-0.3, -0.25) is 21.2 Å². The van der Waals surface area contributed by atoms with Crippen molar-refractivity contribution < 1.29 is 118 Å². The molecule has 3 rings (SSSR count). The largest absolute Gasteiger partial charge is 0.503 e. The summed E-state index contributed by atoms with van der Waals surface area (Å²) in [4.78, 5) is 33.5. The molecule has 4 N–H and O–H groups in total. The van der Waals surface area contributed by atoms with E-state index in [1.807, 2.05) is 13.8 Å². The number of hydrogen-bond donors (Lipinski definition) is 3.